The molecule has 1 aliphatic heterocycles. The third kappa shape index (κ3) is 1.83. The highest BCUT2D eigenvalue weighted by Crippen LogP contribution is 2.38. The lowest BCUT2D eigenvalue weighted by Gasteiger charge is -2.24. The molecule has 20 heavy (non-hydrogen) atoms. The molecule has 0 fully saturated rings. The maximum Gasteiger partial charge on any atom is 0.226 e. The van der Waals surface area contributed by atoms with Crippen molar-refractivity contribution in [3.8, 4) is 0 Å². The number of amides is 1. The lowest BCUT2D eigenvalue weighted by atomic mass is 9.88. The van der Waals surface area contributed by atoms with Crippen molar-refractivity contribution in [3.05, 3.63) is 29.2 Å². The van der Waals surface area contributed by atoms with Crippen molar-refractivity contribution in [2.45, 2.75) is 39.2 Å². The first-order valence-electron chi connectivity index (χ1n) is 6.84. The number of hydrogen-bond donors (Lipinski definition) is 1. The molecule has 0 saturated carbocycles. The summed E-state index contributed by atoms with van der Waals surface area (Å²) in [4.78, 5) is 12.0. The second-order valence-electron chi connectivity index (χ2n) is 5.60. The Morgan fingerprint density at radius 1 is 1.30 bits per heavy atom. The fourth-order valence-corrected chi connectivity index (χ4v) is 2.77. The number of nitrogens with one attached hydrogen (secondary N) is 1. The van der Waals surface area contributed by atoms with E-state index in [4.69, 9.17) is 0 Å². The molecule has 1 amide bonds. The van der Waals surface area contributed by atoms with Crippen molar-refractivity contribution in [2.75, 3.05) is 5.32 Å². The second kappa shape index (κ2) is 4.47. The summed E-state index contributed by atoms with van der Waals surface area (Å²) >= 11 is 0. The van der Waals surface area contributed by atoms with Gasteiger partial charge in [0.1, 0.15) is 5.82 Å². The molecule has 2 aromatic heterocycles. The molecule has 106 valence electrons. The summed E-state index contributed by atoms with van der Waals surface area (Å²) in [6.07, 6.45) is 4.17. The first-order chi connectivity index (χ1) is 9.49. The summed E-state index contributed by atoms with van der Waals surface area (Å²) < 4.78 is 3.71. The lowest BCUT2D eigenvalue weighted by molar-refractivity contribution is -0.116. The largest absolute Gasteiger partial charge is 0.311 e. The van der Waals surface area contributed by atoms with Crippen LogP contribution in [0.4, 0.5) is 5.82 Å². The normalized spacial score (nSPS) is 18.2. The highest BCUT2D eigenvalue weighted by Gasteiger charge is 2.32. The van der Waals surface area contributed by atoms with Gasteiger partial charge in [-0.05, 0) is 20.8 Å². The van der Waals surface area contributed by atoms with E-state index in [2.05, 4.69) is 29.4 Å². The zero-order chi connectivity index (χ0) is 14.4. The predicted molar refractivity (Wildman–Crippen MR) is 75.6 cm³/mol. The molecule has 6 nitrogen and oxygen atoms in total. The number of rotatable bonds is 2. The standard InChI is InChI=1S/C14H19N5O/c1-8(2)19-14-12(7-16-19)10(5-13(20)17-14)11-6-15-18(4)9(11)3/h6-8,10H,5H2,1-4H3,(H,17,20)/t10-/m1/s1. The van der Waals surface area contributed by atoms with Crippen LogP contribution in [0.15, 0.2) is 12.4 Å². The van der Waals surface area contributed by atoms with E-state index >= 15 is 0 Å². The fourth-order valence-electron chi connectivity index (χ4n) is 2.77. The van der Waals surface area contributed by atoms with E-state index in [1.807, 2.05) is 35.7 Å². The summed E-state index contributed by atoms with van der Waals surface area (Å²) in [5.41, 5.74) is 3.27. The highest BCUT2D eigenvalue weighted by atomic mass is 16.1. The Morgan fingerprint density at radius 2 is 2.00 bits per heavy atom. The number of carbonyl (C=O) groups is 1. The molecule has 1 N–H and O–H groups in total. The topological polar surface area (TPSA) is 64.7 Å². The Bertz CT molecular complexity index is 667. The molecule has 0 unspecified atom stereocenters. The van der Waals surface area contributed by atoms with Gasteiger partial charge in [-0.1, -0.05) is 0 Å². The van der Waals surface area contributed by atoms with E-state index in [1.165, 1.54) is 0 Å². The van der Waals surface area contributed by atoms with Crippen LogP contribution in [-0.4, -0.2) is 25.5 Å². The van der Waals surface area contributed by atoms with E-state index in [-0.39, 0.29) is 17.9 Å². The molecular formula is C14H19N5O. The Morgan fingerprint density at radius 3 is 2.60 bits per heavy atom. The van der Waals surface area contributed by atoms with E-state index in [1.54, 1.807) is 0 Å². The third-order valence-electron chi connectivity index (χ3n) is 3.98. The van der Waals surface area contributed by atoms with Crippen LogP contribution in [0.3, 0.4) is 0 Å². The van der Waals surface area contributed by atoms with Crippen LogP contribution in [0.1, 0.15) is 49.0 Å². The lowest BCUT2D eigenvalue weighted by Crippen LogP contribution is -2.25. The zero-order valence-corrected chi connectivity index (χ0v) is 12.2. The first-order valence-corrected chi connectivity index (χ1v) is 6.84. The smallest absolute Gasteiger partial charge is 0.226 e. The minimum absolute atomic E-state index is 0.0353. The van der Waals surface area contributed by atoms with Crippen molar-refractivity contribution in [3.63, 3.8) is 0 Å². The van der Waals surface area contributed by atoms with Crippen LogP contribution in [0.5, 0.6) is 0 Å². The predicted octanol–water partition coefficient (Wildman–Crippen LogP) is 1.98. The van der Waals surface area contributed by atoms with Gasteiger partial charge in [-0.15, -0.1) is 0 Å². The van der Waals surface area contributed by atoms with E-state index in [0.717, 1.165) is 22.6 Å². The van der Waals surface area contributed by atoms with Crippen molar-refractivity contribution in [2.24, 2.45) is 7.05 Å². The van der Waals surface area contributed by atoms with Gasteiger partial charge in [-0.3, -0.25) is 9.48 Å². The molecule has 1 aliphatic rings. The maximum atomic E-state index is 12.0. The highest BCUT2D eigenvalue weighted by molar-refractivity contribution is 5.94. The number of hydrogen-bond acceptors (Lipinski definition) is 3. The SMILES string of the molecule is Cc1c([C@H]2CC(=O)Nc3c2cnn3C(C)C)cnn1C. The van der Waals surface area contributed by atoms with Crippen molar-refractivity contribution in [1.82, 2.24) is 19.6 Å². The minimum Gasteiger partial charge on any atom is -0.311 e. The average Bonchev–Trinajstić information content (AvgIpc) is 2.94. The summed E-state index contributed by atoms with van der Waals surface area (Å²) in [7, 11) is 1.92. The Balaban J connectivity index is 2.12. The van der Waals surface area contributed by atoms with E-state index < -0.39 is 0 Å². The number of aryl methyl sites for hydroxylation is 1. The van der Waals surface area contributed by atoms with Gasteiger partial charge in [0, 0.05) is 42.2 Å². The number of nitrogens with zero attached hydrogens (tertiary/aromatic N) is 4. The molecule has 0 spiro atoms. The van der Waals surface area contributed by atoms with E-state index in [0.29, 0.717) is 6.42 Å². The molecule has 0 bridgehead atoms. The van der Waals surface area contributed by atoms with Crippen LogP contribution in [-0.2, 0) is 11.8 Å². The second-order valence-corrected chi connectivity index (χ2v) is 5.60. The monoisotopic (exact) mass is 273 g/mol. The number of anilines is 1. The van der Waals surface area contributed by atoms with Gasteiger partial charge >= 0.3 is 0 Å². The van der Waals surface area contributed by atoms with Gasteiger partial charge in [-0.2, -0.15) is 10.2 Å². The molecule has 2 aromatic rings. The Hall–Kier alpha value is -2.11. The van der Waals surface area contributed by atoms with Gasteiger partial charge in [0.2, 0.25) is 5.91 Å². The van der Waals surface area contributed by atoms with Gasteiger partial charge in [0.15, 0.2) is 0 Å². The third-order valence-corrected chi connectivity index (χ3v) is 3.98. The molecule has 0 saturated heterocycles. The number of carbonyl (C=O) groups excluding carboxylic acids is 1. The van der Waals surface area contributed by atoms with Gasteiger partial charge < -0.3 is 5.32 Å². The Kier molecular flexibility index (Phi) is 2.88. The van der Waals surface area contributed by atoms with Crippen LogP contribution in [0.2, 0.25) is 0 Å². The van der Waals surface area contributed by atoms with Crippen LogP contribution >= 0.6 is 0 Å². The van der Waals surface area contributed by atoms with Gasteiger partial charge in [-0.25, -0.2) is 4.68 Å². The maximum absolute atomic E-state index is 12.0. The van der Waals surface area contributed by atoms with Gasteiger partial charge in [0.05, 0.1) is 12.4 Å². The molecule has 0 aromatic carbocycles. The molecule has 6 heteroatoms. The van der Waals surface area contributed by atoms with Crippen molar-refractivity contribution in [1.29, 1.82) is 0 Å². The van der Waals surface area contributed by atoms with Crippen molar-refractivity contribution < 1.29 is 4.79 Å². The molecule has 0 radical (unpaired) electrons. The summed E-state index contributed by atoms with van der Waals surface area (Å²) in [6.45, 7) is 6.14. The van der Waals surface area contributed by atoms with Crippen molar-refractivity contribution >= 4 is 11.7 Å². The summed E-state index contributed by atoms with van der Waals surface area (Å²) in [5.74, 6) is 0.901. The number of aromatic nitrogens is 4. The zero-order valence-electron chi connectivity index (χ0n) is 12.2. The van der Waals surface area contributed by atoms with Gasteiger partial charge in [0.25, 0.3) is 0 Å². The molecule has 3 heterocycles. The molecule has 3 rings (SSSR count). The van der Waals surface area contributed by atoms with Crippen LogP contribution in [0.25, 0.3) is 0 Å². The van der Waals surface area contributed by atoms with Crippen LogP contribution < -0.4 is 5.32 Å². The number of fused-ring (bicyclic) bond motifs is 1. The average molecular weight is 273 g/mol. The molecule has 0 aliphatic carbocycles. The quantitative estimate of drug-likeness (QED) is 0.910. The fraction of sp³-hybridized carbons (Fsp3) is 0.500. The summed E-state index contributed by atoms with van der Waals surface area (Å²) in [6, 6.07) is 0.216. The first kappa shape index (κ1) is 12.9. The van der Waals surface area contributed by atoms with Crippen LogP contribution in [0, 0.1) is 6.92 Å². The minimum atomic E-state index is 0.0353. The summed E-state index contributed by atoms with van der Waals surface area (Å²) in [5, 5.41) is 11.7. The Labute approximate surface area is 117 Å². The molecular weight excluding hydrogens is 254 g/mol. The van der Waals surface area contributed by atoms with E-state index in [9.17, 15) is 4.79 Å². The molecule has 1 atom stereocenters.